The van der Waals surface area contributed by atoms with Crippen molar-refractivity contribution >= 4 is 21.7 Å². The average molecular weight is 393 g/mol. The van der Waals surface area contributed by atoms with E-state index in [1.165, 1.54) is 16.6 Å². The number of likely N-dealkylation sites (N-methyl/N-ethyl adjacent to an activating group) is 1. The SMILES string of the molecule is CN1CCN(S(=O)(=O)c2ccc(NCC(=O)NCc3ccco3)nc2)CC1. The van der Waals surface area contributed by atoms with Crippen LogP contribution in [0.3, 0.4) is 0 Å². The number of pyridine rings is 1. The molecule has 1 fully saturated rings. The van der Waals surface area contributed by atoms with Crippen LogP contribution in [-0.2, 0) is 21.4 Å². The smallest absolute Gasteiger partial charge is 0.244 e. The number of nitrogens with zero attached hydrogens (tertiary/aromatic N) is 3. The first-order valence-corrected chi connectivity index (χ1v) is 10.1. The van der Waals surface area contributed by atoms with E-state index in [1.807, 2.05) is 7.05 Å². The van der Waals surface area contributed by atoms with Crippen molar-refractivity contribution in [2.45, 2.75) is 11.4 Å². The molecule has 0 radical (unpaired) electrons. The van der Waals surface area contributed by atoms with Gasteiger partial charge in [0.15, 0.2) is 0 Å². The summed E-state index contributed by atoms with van der Waals surface area (Å²) in [6, 6.07) is 6.59. The van der Waals surface area contributed by atoms with E-state index in [0.717, 1.165) is 0 Å². The number of hydrogen-bond donors (Lipinski definition) is 2. The highest BCUT2D eigenvalue weighted by molar-refractivity contribution is 7.89. The Bertz CT molecular complexity index is 844. The predicted molar refractivity (Wildman–Crippen MR) is 99.5 cm³/mol. The summed E-state index contributed by atoms with van der Waals surface area (Å²) in [5, 5.41) is 5.58. The minimum absolute atomic E-state index is 0.0261. The molecular weight excluding hydrogens is 370 g/mol. The molecule has 0 spiro atoms. The van der Waals surface area contributed by atoms with E-state index >= 15 is 0 Å². The third kappa shape index (κ3) is 5.06. The summed E-state index contributed by atoms with van der Waals surface area (Å²) in [5.74, 6) is 0.878. The summed E-state index contributed by atoms with van der Waals surface area (Å²) in [6.07, 6.45) is 2.86. The molecule has 3 rings (SSSR count). The molecule has 146 valence electrons. The van der Waals surface area contributed by atoms with E-state index in [4.69, 9.17) is 4.42 Å². The molecule has 27 heavy (non-hydrogen) atoms. The van der Waals surface area contributed by atoms with Crippen LogP contribution in [0.5, 0.6) is 0 Å². The van der Waals surface area contributed by atoms with Crippen LogP contribution in [0.4, 0.5) is 5.82 Å². The maximum absolute atomic E-state index is 12.6. The zero-order valence-electron chi connectivity index (χ0n) is 15.1. The van der Waals surface area contributed by atoms with Gasteiger partial charge in [0.25, 0.3) is 0 Å². The Balaban J connectivity index is 1.51. The molecule has 9 nitrogen and oxygen atoms in total. The average Bonchev–Trinajstić information content (AvgIpc) is 3.19. The van der Waals surface area contributed by atoms with Gasteiger partial charge in [0.1, 0.15) is 16.5 Å². The molecule has 1 aliphatic rings. The summed E-state index contributed by atoms with van der Waals surface area (Å²) >= 11 is 0. The Labute approximate surface area is 158 Å². The van der Waals surface area contributed by atoms with E-state index < -0.39 is 10.0 Å². The van der Waals surface area contributed by atoms with Crippen molar-refractivity contribution in [1.29, 1.82) is 0 Å². The molecule has 0 unspecified atom stereocenters. The summed E-state index contributed by atoms with van der Waals surface area (Å²) in [7, 11) is -1.57. The largest absolute Gasteiger partial charge is 0.467 e. The van der Waals surface area contributed by atoms with Crippen LogP contribution in [0.25, 0.3) is 0 Å². The van der Waals surface area contributed by atoms with E-state index in [9.17, 15) is 13.2 Å². The first kappa shape index (κ1) is 19.3. The van der Waals surface area contributed by atoms with Crippen molar-refractivity contribution in [3.63, 3.8) is 0 Å². The quantitative estimate of drug-likeness (QED) is 0.698. The van der Waals surface area contributed by atoms with Crippen LogP contribution < -0.4 is 10.6 Å². The Morgan fingerprint density at radius 2 is 2.00 bits per heavy atom. The van der Waals surface area contributed by atoms with Crippen LogP contribution >= 0.6 is 0 Å². The Kier molecular flexibility index (Phi) is 6.09. The first-order valence-electron chi connectivity index (χ1n) is 8.63. The maximum Gasteiger partial charge on any atom is 0.244 e. The van der Waals surface area contributed by atoms with Gasteiger partial charge in [-0.3, -0.25) is 4.79 Å². The molecule has 2 aromatic heterocycles. The lowest BCUT2D eigenvalue weighted by molar-refractivity contribution is -0.119. The number of piperazine rings is 1. The highest BCUT2D eigenvalue weighted by Gasteiger charge is 2.27. The third-order valence-electron chi connectivity index (χ3n) is 4.31. The fourth-order valence-electron chi connectivity index (χ4n) is 2.65. The van der Waals surface area contributed by atoms with Crippen LogP contribution in [0.2, 0.25) is 0 Å². The van der Waals surface area contributed by atoms with Crippen LogP contribution in [0.1, 0.15) is 5.76 Å². The van der Waals surface area contributed by atoms with Gasteiger partial charge in [-0.15, -0.1) is 0 Å². The van der Waals surface area contributed by atoms with Crippen molar-refractivity contribution in [2.75, 3.05) is 45.1 Å². The number of carbonyl (C=O) groups excluding carboxylic acids is 1. The summed E-state index contributed by atoms with van der Waals surface area (Å²) in [6.45, 7) is 2.68. The number of anilines is 1. The van der Waals surface area contributed by atoms with Gasteiger partial charge in [0.2, 0.25) is 15.9 Å². The third-order valence-corrected chi connectivity index (χ3v) is 6.19. The number of amides is 1. The Morgan fingerprint density at radius 1 is 1.22 bits per heavy atom. The lowest BCUT2D eigenvalue weighted by atomic mass is 10.4. The Hall–Kier alpha value is -2.43. The van der Waals surface area contributed by atoms with Gasteiger partial charge in [0, 0.05) is 32.4 Å². The standard InChI is InChI=1S/C17H23N5O4S/c1-21-6-8-22(9-7-21)27(24,25)15-4-5-16(18-12-15)19-13-17(23)20-11-14-3-2-10-26-14/h2-5,10,12H,6-9,11,13H2,1H3,(H,18,19)(H,20,23). The van der Waals surface area contributed by atoms with Crippen LogP contribution in [0.15, 0.2) is 46.0 Å². The molecule has 0 bridgehead atoms. The molecule has 0 saturated carbocycles. The van der Waals surface area contributed by atoms with Crippen molar-refractivity contribution in [1.82, 2.24) is 19.5 Å². The molecular formula is C17H23N5O4S. The molecule has 10 heteroatoms. The van der Waals surface area contributed by atoms with Gasteiger partial charge in [-0.25, -0.2) is 13.4 Å². The fourth-order valence-corrected chi connectivity index (χ4v) is 4.02. The molecule has 2 N–H and O–H groups in total. The number of hydrogen-bond acceptors (Lipinski definition) is 7. The van der Waals surface area contributed by atoms with Gasteiger partial charge >= 0.3 is 0 Å². The number of sulfonamides is 1. The molecule has 1 saturated heterocycles. The number of carbonyl (C=O) groups is 1. The highest BCUT2D eigenvalue weighted by atomic mass is 32.2. The minimum Gasteiger partial charge on any atom is -0.467 e. The molecule has 1 amide bonds. The summed E-state index contributed by atoms with van der Waals surface area (Å²) < 4.78 is 31.9. The topological polar surface area (TPSA) is 108 Å². The Morgan fingerprint density at radius 3 is 2.63 bits per heavy atom. The van der Waals surface area contributed by atoms with Gasteiger partial charge in [0.05, 0.1) is 19.4 Å². The molecule has 3 heterocycles. The van der Waals surface area contributed by atoms with Crippen LogP contribution in [0, 0.1) is 0 Å². The van der Waals surface area contributed by atoms with Crippen molar-refractivity contribution in [2.24, 2.45) is 0 Å². The lowest BCUT2D eigenvalue weighted by Gasteiger charge is -2.31. The van der Waals surface area contributed by atoms with E-state index in [0.29, 0.717) is 44.3 Å². The van der Waals surface area contributed by atoms with Gasteiger partial charge in [-0.05, 0) is 31.3 Å². The van der Waals surface area contributed by atoms with Crippen molar-refractivity contribution in [3.8, 4) is 0 Å². The first-order chi connectivity index (χ1) is 12.9. The zero-order chi connectivity index (χ0) is 19.3. The number of rotatable bonds is 7. The molecule has 2 aromatic rings. The second-order valence-electron chi connectivity index (χ2n) is 6.30. The molecule has 0 aliphatic carbocycles. The monoisotopic (exact) mass is 393 g/mol. The predicted octanol–water partition coefficient (Wildman–Crippen LogP) is 0.339. The minimum atomic E-state index is -3.54. The summed E-state index contributed by atoms with van der Waals surface area (Å²) in [4.78, 5) is 18.2. The van der Waals surface area contributed by atoms with E-state index in [1.54, 1.807) is 24.5 Å². The second-order valence-corrected chi connectivity index (χ2v) is 8.23. The van der Waals surface area contributed by atoms with E-state index in [2.05, 4.69) is 20.5 Å². The fraction of sp³-hybridized carbons (Fsp3) is 0.412. The molecule has 0 aromatic carbocycles. The molecule has 1 aliphatic heterocycles. The maximum atomic E-state index is 12.6. The summed E-state index contributed by atoms with van der Waals surface area (Å²) in [5.41, 5.74) is 0. The lowest BCUT2D eigenvalue weighted by Crippen LogP contribution is -2.47. The van der Waals surface area contributed by atoms with Crippen LogP contribution in [-0.4, -0.2) is 68.3 Å². The van der Waals surface area contributed by atoms with Gasteiger partial charge in [-0.2, -0.15) is 4.31 Å². The second kappa shape index (κ2) is 8.51. The highest BCUT2D eigenvalue weighted by Crippen LogP contribution is 2.17. The number of aromatic nitrogens is 1. The normalized spacial score (nSPS) is 16.2. The van der Waals surface area contributed by atoms with Crippen molar-refractivity contribution < 1.29 is 17.6 Å². The van der Waals surface area contributed by atoms with Gasteiger partial charge in [-0.1, -0.05) is 0 Å². The van der Waals surface area contributed by atoms with Gasteiger partial charge < -0.3 is 20.0 Å². The number of furan rings is 1. The molecule has 0 atom stereocenters. The van der Waals surface area contributed by atoms with Crippen molar-refractivity contribution in [3.05, 3.63) is 42.5 Å². The zero-order valence-corrected chi connectivity index (χ0v) is 15.9. The number of nitrogens with one attached hydrogen (secondary N) is 2. The van der Waals surface area contributed by atoms with E-state index in [-0.39, 0.29) is 17.3 Å².